The van der Waals surface area contributed by atoms with Gasteiger partial charge in [-0.25, -0.2) is 0 Å². The maximum absolute atomic E-state index is 9.85. The highest BCUT2D eigenvalue weighted by atomic mass is 16.5. The fourth-order valence-corrected chi connectivity index (χ4v) is 6.80. The van der Waals surface area contributed by atoms with Gasteiger partial charge in [-0.3, -0.25) is 0 Å². The lowest BCUT2D eigenvalue weighted by molar-refractivity contribution is -0.00766. The van der Waals surface area contributed by atoms with Crippen LogP contribution in [0.5, 0.6) is 17.2 Å². The second-order valence-electron chi connectivity index (χ2n) is 11.9. The molecular weight excluding hydrogens is 484 g/mol. The molecule has 0 radical (unpaired) electrons. The van der Waals surface area contributed by atoms with E-state index in [1.54, 1.807) is 7.11 Å². The highest BCUT2D eigenvalue weighted by molar-refractivity contribution is 5.57. The highest BCUT2D eigenvalue weighted by Gasteiger charge is 2.39. The zero-order valence-electron chi connectivity index (χ0n) is 23.3. The van der Waals surface area contributed by atoms with Gasteiger partial charge in [0.15, 0.2) is 0 Å². The molecule has 0 aromatic heterocycles. The molecule has 5 nitrogen and oxygen atoms in total. The third-order valence-electron chi connectivity index (χ3n) is 9.42. The molecule has 3 heterocycles. The highest BCUT2D eigenvalue weighted by Crippen LogP contribution is 2.41. The number of aryl methyl sites for hydroxylation is 2. The number of phenols is 1. The molecule has 1 aliphatic carbocycles. The van der Waals surface area contributed by atoms with Crippen molar-refractivity contribution in [3.8, 4) is 17.2 Å². The summed E-state index contributed by atoms with van der Waals surface area (Å²) in [7, 11) is 1.73. The van der Waals surface area contributed by atoms with Gasteiger partial charge in [-0.1, -0.05) is 24.3 Å². The molecule has 39 heavy (non-hydrogen) atoms. The maximum Gasteiger partial charge on any atom is 0.120 e. The fourth-order valence-electron chi connectivity index (χ4n) is 6.80. The van der Waals surface area contributed by atoms with Gasteiger partial charge in [0.2, 0.25) is 0 Å². The van der Waals surface area contributed by atoms with Gasteiger partial charge in [-0.2, -0.15) is 0 Å². The van der Waals surface area contributed by atoms with Gasteiger partial charge >= 0.3 is 0 Å². The van der Waals surface area contributed by atoms with E-state index >= 15 is 0 Å². The van der Waals surface area contributed by atoms with Crippen LogP contribution in [0.3, 0.4) is 0 Å². The van der Waals surface area contributed by atoms with Crippen molar-refractivity contribution in [3.05, 3.63) is 82.9 Å². The van der Waals surface area contributed by atoms with Crippen molar-refractivity contribution < 1.29 is 14.6 Å². The van der Waals surface area contributed by atoms with E-state index in [0.29, 0.717) is 17.1 Å². The Hall–Kier alpha value is -3.18. The van der Waals surface area contributed by atoms with Crippen molar-refractivity contribution in [1.29, 1.82) is 0 Å². The third kappa shape index (κ3) is 6.04. The van der Waals surface area contributed by atoms with Crippen LogP contribution < -0.4 is 14.8 Å². The van der Waals surface area contributed by atoms with Gasteiger partial charge < -0.3 is 24.8 Å². The molecule has 0 saturated carbocycles. The smallest absolute Gasteiger partial charge is 0.120 e. The summed E-state index contributed by atoms with van der Waals surface area (Å²) in [6.07, 6.45) is 9.04. The summed E-state index contributed by atoms with van der Waals surface area (Å²) in [5.41, 5.74) is 6.93. The molecule has 206 valence electrons. The molecule has 3 fully saturated rings. The number of anilines is 1. The van der Waals surface area contributed by atoms with Crippen molar-refractivity contribution in [3.63, 3.8) is 0 Å². The third-order valence-corrected chi connectivity index (χ3v) is 9.42. The molecule has 1 unspecified atom stereocenters. The van der Waals surface area contributed by atoms with E-state index in [0.717, 1.165) is 56.8 Å². The lowest BCUT2D eigenvalue weighted by atomic mass is 9.73. The number of hydrogen-bond donors (Lipinski definition) is 2. The Bertz CT molecular complexity index is 1250. The number of ether oxygens (including phenoxy) is 2. The van der Waals surface area contributed by atoms with Crippen molar-refractivity contribution in [2.75, 3.05) is 45.2 Å². The predicted octanol–water partition coefficient (Wildman–Crippen LogP) is 6.58. The van der Waals surface area contributed by atoms with Crippen LogP contribution in [-0.4, -0.2) is 49.9 Å². The van der Waals surface area contributed by atoms with Crippen LogP contribution in [0.4, 0.5) is 5.69 Å². The van der Waals surface area contributed by atoms with Gasteiger partial charge in [0.25, 0.3) is 0 Å². The number of rotatable bonds is 10. The van der Waals surface area contributed by atoms with Gasteiger partial charge in [-0.05, 0) is 130 Å². The normalized spacial score (nSPS) is 23.7. The average molecular weight is 527 g/mol. The Morgan fingerprint density at radius 2 is 1.69 bits per heavy atom. The van der Waals surface area contributed by atoms with Crippen LogP contribution in [0.2, 0.25) is 0 Å². The first kappa shape index (κ1) is 26.1. The van der Waals surface area contributed by atoms with E-state index in [1.807, 2.05) is 12.1 Å². The molecule has 3 aromatic carbocycles. The average Bonchev–Trinajstić information content (AvgIpc) is 2.99. The molecule has 3 saturated heterocycles. The summed E-state index contributed by atoms with van der Waals surface area (Å²) in [4.78, 5) is 2.59. The van der Waals surface area contributed by atoms with Gasteiger partial charge in [-0.15, -0.1) is 0 Å². The molecule has 2 N–H and O–H groups in total. The number of fused-ring (bicyclic) bond motifs is 4. The Labute approximate surface area is 233 Å². The number of nitrogens with zero attached hydrogens (tertiary/aromatic N) is 1. The zero-order chi connectivity index (χ0) is 26.7. The number of methoxy groups -OCH3 is 1. The molecular formula is C34H42N2O3. The molecule has 1 atom stereocenters. The molecule has 0 spiro atoms. The summed E-state index contributed by atoms with van der Waals surface area (Å²) >= 11 is 0. The minimum Gasteiger partial charge on any atom is -0.508 e. The van der Waals surface area contributed by atoms with Crippen LogP contribution in [0, 0.1) is 5.41 Å². The van der Waals surface area contributed by atoms with E-state index < -0.39 is 0 Å². The lowest BCUT2D eigenvalue weighted by Crippen LogP contribution is -2.50. The second kappa shape index (κ2) is 11.5. The number of benzene rings is 3. The van der Waals surface area contributed by atoms with E-state index in [1.165, 1.54) is 66.8 Å². The number of phenolic OH excluding ortho intramolecular Hbond substituents is 1. The number of aromatic hydroxyl groups is 1. The van der Waals surface area contributed by atoms with E-state index in [9.17, 15) is 5.11 Å². The molecule has 3 aromatic rings. The summed E-state index contributed by atoms with van der Waals surface area (Å²) in [5, 5.41) is 13.6. The molecule has 7 rings (SSSR count). The number of nitrogens with one attached hydrogen (secondary N) is 1. The minimum atomic E-state index is 0.366. The second-order valence-corrected chi connectivity index (χ2v) is 11.9. The predicted molar refractivity (Wildman–Crippen MR) is 157 cm³/mol. The van der Waals surface area contributed by atoms with Crippen LogP contribution in [0.1, 0.15) is 60.3 Å². The topological polar surface area (TPSA) is 54.0 Å². The van der Waals surface area contributed by atoms with Crippen LogP contribution in [0.25, 0.3) is 0 Å². The Morgan fingerprint density at radius 1 is 0.923 bits per heavy atom. The Morgan fingerprint density at radius 3 is 2.46 bits per heavy atom. The van der Waals surface area contributed by atoms with Crippen molar-refractivity contribution in [1.82, 2.24) is 4.90 Å². The van der Waals surface area contributed by atoms with E-state index in [4.69, 9.17) is 9.47 Å². The van der Waals surface area contributed by atoms with E-state index in [-0.39, 0.29) is 0 Å². The number of hydrogen-bond acceptors (Lipinski definition) is 5. The maximum atomic E-state index is 9.85. The first-order chi connectivity index (χ1) is 19.1. The van der Waals surface area contributed by atoms with Crippen LogP contribution in [-0.2, 0) is 19.3 Å². The lowest BCUT2D eigenvalue weighted by Gasteiger charge is -2.48. The molecule has 2 bridgehead atoms. The van der Waals surface area contributed by atoms with Crippen LogP contribution >= 0.6 is 0 Å². The fraction of sp³-hybridized carbons (Fsp3) is 0.471. The molecule has 3 aliphatic heterocycles. The largest absolute Gasteiger partial charge is 0.508 e. The molecule has 4 aliphatic rings. The van der Waals surface area contributed by atoms with Gasteiger partial charge in [0.05, 0.1) is 13.7 Å². The first-order valence-electron chi connectivity index (χ1n) is 14.8. The minimum absolute atomic E-state index is 0.366. The summed E-state index contributed by atoms with van der Waals surface area (Å²) in [6.45, 7) is 5.51. The Kier molecular flexibility index (Phi) is 7.69. The summed E-state index contributed by atoms with van der Waals surface area (Å²) < 4.78 is 11.8. The summed E-state index contributed by atoms with van der Waals surface area (Å²) in [6, 6.07) is 21.0. The number of piperidine rings is 3. The standard InChI is InChI=1S/C34H42N2O3/c1-38-31-12-13-32(28-7-6-27-22-29(37)9-8-26(27)21-28)33(23-31)35-17-2-3-25-4-10-30(11-5-25)39-24-34-14-18-36(19-15-34)20-16-34/h4-5,8-13,22-23,28,35,37H,2-3,6-7,14-21,24H2,1H3. The van der Waals surface area contributed by atoms with Crippen molar-refractivity contribution in [2.24, 2.45) is 5.41 Å². The molecule has 5 heteroatoms. The monoisotopic (exact) mass is 526 g/mol. The molecule has 0 amide bonds. The zero-order valence-corrected chi connectivity index (χ0v) is 23.3. The van der Waals surface area contributed by atoms with Crippen LogP contribution in [0.15, 0.2) is 60.7 Å². The first-order valence-corrected chi connectivity index (χ1v) is 14.8. The van der Waals surface area contributed by atoms with Crippen molar-refractivity contribution >= 4 is 5.69 Å². The quantitative estimate of drug-likeness (QED) is 0.292. The van der Waals surface area contributed by atoms with Gasteiger partial charge in [0.1, 0.15) is 17.2 Å². The summed E-state index contributed by atoms with van der Waals surface area (Å²) in [5.74, 6) is 2.72. The van der Waals surface area contributed by atoms with E-state index in [2.05, 4.69) is 58.7 Å². The van der Waals surface area contributed by atoms with Crippen molar-refractivity contribution in [2.45, 2.75) is 57.3 Å². The van der Waals surface area contributed by atoms with Gasteiger partial charge in [0, 0.05) is 23.7 Å². The SMILES string of the molecule is COc1ccc(C2CCc3cc(O)ccc3C2)c(NCCCc2ccc(OCC34CCN(CC3)CC4)cc2)c1. The Balaban J connectivity index is 1.02.